The third-order valence-electron chi connectivity index (χ3n) is 11.2. The summed E-state index contributed by atoms with van der Waals surface area (Å²) in [7, 11) is 0. The van der Waals surface area contributed by atoms with Crippen molar-refractivity contribution in [1.82, 2.24) is 21.3 Å². The van der Waals surface area contributed by atoms with Crippen LogP contribution in [-0.2, 0) is 24.0 Å². The van der Waals surface area contributed by atoms with E-state index in [0.717, 1.165) is 19.3 Å². The van der Waals surface area contributed by atoms with Crippen molar-refractivity contribution in [3.63, 3.8) is 0 Å². The highest BCUT2D eigenvalue weighted by atomic mass is 16.4. The number of hydrogen-bond acceptors (Lipinski definition) is 6. The van der Waals surface area contributed by atoms with Crippen LogP contribution in [0.3, 0.4) is 0 Å². The Labute approximate surface area is 301 Å². The molecule has 5 N–H and O–H groups in total. The molecule has 2 rings (SSSR count). The molecule has 2 unspecified atom stereocenters. The van der Waals surface area contributed by atoms with Gasteiger partial charge in [0.05, 0.1) is 17.4 Å². The molecule has 7 atom stereocenters. The summed E-state index contributed by atoms with van der Waals surface area (Å²) in [5.74, 6) is -3.76. The Morgan fingerprint density at radius 1 is 0.740 bits per heavy atom. The Morgan fingerprint density at radius 3 is 1.72 bits per heavy atom. The van der Waals surface area contributed by atoms with Gasteiger partial charge < -0.3 is 26.4 Å². The molecule has 0 aromatic rings. The number of Topliss-reactive ketones (excluding diaryl/α,β-unsaturated/α-hetero) is 2. The first-order valence-corrected chi connectivity index (χ1v) is 18.8. The van der Waals surface area contributed by atoms with Crippen molar-refractivity contribution in [3.05, 3.63) is 0 Å². The van der Waals surface area contributed by atoms with Crippen molar-refractivity contribution in [2.45, 2.75) is 171 Å². The average molecular weight is 705 g/mol. The van der Waals surface area contributed by atoms with E-state index in [4.69, 9.17) is 0 Å². The monoisotopic (exact) mass is 705 g/mol. The van der Waals surface area contributed by atoms with Crippen molar-refractivity contribution >= 4 is 35.4 Å². The van der Waals surface area contributed by atoms with Gasteiger partial charge in [-0.25, -0.2) is 4.79 Å². The van der Waals surface area contributed by atoms with Crippen molar-refractivity contribution in [3.8, 4) is 0 Å². The quantitative estimate of drug-likeness (QED) is 0.144. The van der Waals surface area contributed by atoms with Crippen LogP contribution in [0.2, 0.25) is 0 Å². The molecule has 2 aliphatic rings. The molecule has 0 radical (unpaired) electrons. The van der Waals surface area contributed by atoms with E-state index in [1.807, 2.05) is 48.5 Å². The normalized spacial score (nSPS) is 23.5. The molecule has 0 aromatic heterocycles. The lowest BCUT2D eigenvalue weighted by molar-refractivity contribution is -0.155. The summed E-state index contributed by atoms with van der Waals surface area (Å²) >= 11 is 0. The summed E-state index contributed by atoms with van der Waals surface area (Å²) in [5.41, 5.74) is -3.40. The second-order valence-corrected chi connectivity index (χ2v) is 18.5. The first-order chi connectivity index (χ1) is 22.8. The molecule has 0 heterocycles. The minimum atomic E-state index is -1.53. The van der Waals surface area contributed by atoms with Gasteiger partial charge in [0.1, 0.15) is 11.8 Å². The summed E-state index contributed by atoms with van der Waals surface area (Å²) < 4.78 is 0. The van der Waals surface area contributed by atoms with Gasteiger partial charge in [-0.3, -0.25) is 24.0 Å². The standard InChI is InChI=1S/C39H68N4O7/c1-13-27(36(4,5)6)40-33(47)31(39(34(48)49)19-14-15-20-39)42-32(46)25(22-28(45)37(7,8)9)21-26(44)30(38(10,11)12)43-35(50)41-29-23(2)17-16-18-24(29)3/h23-25,27,29-31H,13-22H2,1-12H3,(H,40,47)(H,42,46)(H,48,49)(H2,41,43,50)/t23-,24+,25-,27-,29?,30?,31-/m1/s1. The summed E-state index contributed by atoms with van der Waals surface area (Å²) in [4.78, 5) is 82.0. The van der Waals surface area contributed by atoms with E-state index < -0.39 is 63.8 Å². The molecule has 0 spiro atoms. The number of aliphatic carboxylic acids is 1. The summed E-state index contributed by atoms with van der Waals surface area (Å²) in [6.07, 6.45) is 4.66. The second kappa shape index (κ2) is 17.0. The summed E-state index contributed by atoms with van der Waals surface area (Å²) in [6, 6.07) is -3.16. The van der Waals surface area contributed by atoms with Crippen LogP contribution in [0.25, 0.3) is 0 Å². The average Bonchev–Trinajstić information content (AvgIpc) is 3.48. The predicted octanol–water partition coefficient (Wildman–Crippen LogP) is 6.18. The maximum atomic E-state index is 14.3. The Morgan fingerprint density at radius 2 is 1.28 bits per heavy atom. The van der Waals surface area contributed by atoms with Gasteiger partial charge in [0, 0.05) is 30.3 Å². The molecular weight excluding hydrogens is 636 g/mol. The van der Waals surface area contributed by atoms with Crippen LogP contribution in [0.15, 0.2) is 0 Å². The van der Waals surface area contributed by atoms with Gasteiger partial charge in [-0.15, -0.1) is 0 Å². The van der Waals surface area contributed by atoms with Crippen molar-refractivity contribution in [1.29, 1.82) is 0 Å². The topological polar surface area (TPSA) is 171 Å². The van der Waals surface area contributed by atoms with Gasteiger partial charge >= 0.3 is 12.0 Å². The van der Waals surface area contributed by atoms with Gasteiger partial charge in [-0.2, -0.15) is 0 Å². The lowest BCUT2D eigenvalue weighted by atomic mass is 9.76. The highest BCUT2D eigenvalue weighted by Gasteiger charge is 2.53. The lowest BCUT2D eigenvalue weighted by Crippen LogP contribution is -2.61. The molecule has 2 aliphatic carbocycles. The van der Waals surface area contributed by atoms with E-state index in [2.05, 4.69) is 35.1 Å². The number of rotatable bonds is 14. The van der Waals surface area contributed by atoms with Crippen LogP contribution in [0.1, 0.15) is 147 Å². The van der Waals surface area contributed by atoms with E-state index in [-0.39, 0.29) is 49.0 Å². The maximum Gasteiger partial charge on any atom is 0.315 e. The number of carboxylic acids is 1. The molecule has 11 nitrogen and oxygen atoms in total. The fourth-order valence-corrected chi connectivity index (χ4v) is 7.75. The number of carbonyl (C=O) groups excluding carboxylic acids is 5. The highest BCUT2D eigenvalue weighted by Crippen LogP contribution is 2.42. The van der Waals surface area contributed by atoms with E-state index >= 15 is 0 Å². The van der Waals surface area contributed by atoms with Crippen LogP contribution < -0.4 is 21.3 Å². The zero-order chi connectivity index (χ0) is 38.4. The largest absolute Gasteiger partial charge is 0.481 e. The predicted molar refractivity (Wildman–Crippen MR) is 195 cm³/mol. The first-order valence-electron chi connectivity index (χ1n) is 18.8. The van der Waals surface area contributed by atoms with E-state index in [0.29, 0.717) is 31.1 Å². The maximum absolute atomic E-state index is 14.3. The van der Waals surface area contributed by atoms with Gasteiger partial charge in [-0.1, -0.05) is 102 Å². The minimum absolute atomic E-state index is 0.0341. The van der Waals surface area contributed by atoms with Crippen LogP contribution in [0.4, 0.5) is 4.79 Å². The van der Waals surface area contributed by atoms with Gasteiger partial charge in [-0.05, 0) is 54.8 Å². The van der Waals surface area contributed by atoms with Gasteiger partial charge in [0.2, 0.25) is 11.8 Å². The molecule has 0 saturated heterocycles. The third kappa shape index (κ3) is 11.3. The Kier molecular flexibility index (Phi) is 14.7. The van der Waals surface area contributed by atoms with Crippen LogP contribution in [-0.4, -0.2) is 64.7 Å². The number of ketones is 2. The Balaban J connectivity index is 2.46. The van der Waals surface area contributed by atoms with Crippen molar-refractivity contribution in [2.75, 3.05) is 0 Å². The Bertz CT molecular complexity index is 1230. The number of nitrogens with one attached hydrogen (secondary N) is 4. The van der Waals surface area contributed by atoms with Gasteiger partial charge in [0.25, 0.3) is 0 Å². The molecule has 0 aliphatic heterocycles. The molecule has 286 valence electrons. The molecule has 11 heteroatoms. The van der Waals surface area contributed by atoms with Crippen LogP contribution >= 0.6 is 0 Å². The molecular formula is C39H68N4O7. The summed E-state index contributed by atoms with van der Waals surface area (Å²) in [5, 5.41) is 22.2. The van der Waals surface area contributed by atoms with Crippen molar-refractivity contribution in [2.24, 2.45) is 39.4 Å². The Hall–Kier alpha value is -2.98. The number of carboxylic acid groups (broad SMARTS) is 1. The molecule has 0 aromatic carbocycles. The SMILES string of the molecule is CC[C@@H](NC(=O)[C@@H](NC(=O)[C@H](CC(=O)C(NC(=O)NC1[C@H](C)CCC[C@@H]1C)C(C)(C)C)CC(=O)C(C)(C)C)C1(C(=O)O)CCCC1)C(C)(C)C. The minimum Gasteiger partial charge on any atom is -0.481 e. The summed E-state index contributed by atoms with van der Waals surface area (Å²) in [6.45, 7) is 22.8. The van der Waals surface area contributed by atoms with E-state index in [1.54, 1.807) is 20.8 Å². The zero-order valence-corrected chi connectivity index (χ0v) is 33.0. The molecule has 0 bridgehead atoms. The number of hydrogen-bond donors (Lipinski definition) is 5. The van der Waals surface area contributed by atoms with Gasteiger partial charge in [0.15, 0.2) is 5.78 Å². The zero-order valence-electron chi connectivity index (χ0n) is 33.0. The smallest absolute Gasteiger partial charge is 0.315 e. The van der Waals surface area contributed by atoms with Crippen LogP contribution in [0.5, 0.6) is 0 Å². The molecule has 2 saturated carbocycles. The number of carbonyl (C=O) groups is 6. The highest BCUT2D eigenvalue weighted by molar-refractivity contribution is 5.98. The van der Waals surface area contributed by atoms with Crippen LogP contribution in [0, 0.1) is 39.4 Å². The van der Waals surface area contributed by atoms with E-state index in [9.17, 15) is 33.9 Å². The number of amides is 4. The number of urea groups is 1. The third-order valence-corrected chi connectivity index (χ3v) is 11.2. The lowest BCUT2D eigenvalue weighted by Gasteiger charge is -2.38. The van der Waals surface area contributed by atoms with Crippen molar-refractivity contribution < 1.29 is 33.9 Å². The first kappa shape index (κ1) is 43.2. The fourth-order valence-electron chi connectivity index (χ4n) is 7.75. The second-order valence-electron chi connectivity index (χ2n) is 18.5. The molecule has 4 amide bonds. The van der Waals surface area contributed by atoms with E-state index in [1.165, 1.54) is 0 Å². The molecule has 2 fully saturated rings. The molecule has 50 heavy (non-hydrogen) atoms. The fraction of sp³-hybridized carbons (Fsp3) is 0.846.